The number of aryl methyl sites for hydroxylation is 1. The number of benzene rings is 1. The van der Waals surface area contributed by atoms with Crippen molar-refractivity contribution in [3.8, 4) is 0 Å². The van der Waals surface area contributed by atoms with E-state index >= 15 is 0 Å². The van der Waals surface area contributed by atoms with Crippen LogP contribution in [-0.2, 0) is 13.1 Å². The number of hydrogen-bond donors (Lipinski definition) is 0. The lowest BCUT2D eigenvalue weighted by Gasteiger charge is -2.06. The largest absolute Gasteiger partial charge is 0.319 e. The Labute approximate surface area is 165 Å². The second-order valence-electron chi connectivity index (χ2n) is 5.96. The van der Waals surface area contributed by atoms with E-state index in [2.05, 4.69) is 10.1 Å². The first-order valence-corrected chi connectivity index (χ1v) is 9.89. The third-order valence-corrected chi connectivity index (χ3v) is 5.13. The van der Waals surface area contributed by atoms with Crippen molar-refractivity contribution in [1.82, 2.24) is 14.3 Å². The lowest BCUT2D eigenvalue weighted by molar-refractivity contribution is 0.0990. The van der Waals surface area contributed by atoms with Crippen LogP contribution in [0, 0.1) is 0 Å². The van der Waals surface area contributed by atoms with Crippen molar-refractivity contribution in [3.05, 3.63) is 79.4 Å². The van der Waals surface area contributed by atoms with Crippen LogP contribution in [0.5, 0.6) is 0 Å². The first kappa shape index (κ1) is 19.3. The molecule has 0 spiro atoms. The Bertz CT molecular complexity index is 1070. The van der Waals surface area contributed by atoms with Crippen molar-refractivity contribution in [3.63, 3.8) is 0 Å². The molecule has 8 heteroatoms. The molecule has 0 aliphatic carbocycles. The van der Waals surface area contributed by atoms with Crippen molar-refractivity contribution in [2.45, 2.75) is 32.9 Å². The van der Waals surface area contributed by atoms with Gasteiger partial charge in [-0.15, -0.1) is 11.3 Å². The Morgan fingerprint density at radius 1 is 1.26 bits per heavy atom. The van der Waals surface area contributed by atoms with Gasteiger partial charge in [-0.25, -0.2) is 4.68 Å². The van der Waals surface area contributed by atoms with E-state index in [0.717, 1.165) is 18.4 Å². The van der Waals surface area contributed by atoms with Gasteiger partial charge in [0.2, 0.25) is 0 Å². The highest BCUT2D eigenvalue weighted by molar-refractivity contribution is 7.07. The maximum Gasteiger partial charge on any atom is 0.300 e. The molecule has 2 heterocycles. The molecule has 0 N–H and O–H groups in total. The molecule has 3 rings (SSSR count). The summed E-state index contributed by atoms with van der Waals surface area (Å²) in [6.07, 6.45) is 3.62. The molecule has 0 unspecified atom stereocenters. The smallest absolute Gasteiger partial charge is 0.300 e. The molecule has 0 saturated heterocycles. The van der Waals surface area contributed by atoms with Crippen molar-refractivity contribution < 1.29 is 4.79 Å². The summed E-state index contributed by atoms with van der Waals surface area (Å²) in [5, 5.41) is 6.68. The van der Waals surface area contributed by atoms with Crippen LogP contribution in [0.4, 0.5) is 0 Å². The number of thiazole rings is 1. The summed E-state index contributed by atoms with van der Waals surface area (Å²) in [5.74, 6) is -0.476. The Hall–Kier alpha value is -2.51. The van der Waals surface area contributed by atoms with E-state index in [0.29, 0.717) is 22.9 Å². The summed E-state index contributed by atoms with van der Waals surface area (Å²) < 4.78 is 3.18. The number of amides is 1. The van der Waals surface area contributed by atoms with Crippen LogP contribution < -0.4 is 10.4 Å². The summed E-state index contributed by atoms with van der Waals surface area (Å²) in [6, 6.07) is 10.3. The van der Waals surface area contributed by atoms with E-state index in [-0.39, 0.29) is 11.3 Å². The van der Waals surface area contributed by atoms with Crippen LogP contribution >= 0.6 is 22.9 Å². The number of aromatic nitrogens is 3. The van der Waals surface area contributed by atoms with Crippen molar-refractivity contribution >= 4 is 28.8 Å². The number of nitrogens with zero attached hydrogens (tertiary/aromatic N) is 4. The van der Waals surface area contributed by atoms with Crippen LogP contribution in [-0.4, -0.2) is 20.3 Å². The van der Waals surface area contributed by atoms with Gasteiger partial charge in [-0.05, 0) is 24.1 Å². The molecule has 27 heavy (non-hydrogen) atoms. The molecule has 6 nitrogen and oxygen atoms in total. The minimum absolute atomic E-state index is 0.156. The molecule has 0 fully saturated rings. The summed E-state index contributed by atoms with van der Waals surface area (Å²) in [4.78, 5) is 29.1. The topological polar surface area (TPSA) is 69.2 Å². The molecule has 140 valence electrons. The lowest BCUT2D eigenvalue weighted by Crippen LogP contribution is -2.25. The zero-order valence-electron chi connectivity index (χ0n) is 14.8. The average Bonchev–Trinajstić information content (AvgIpc) is 3.09. The van der Waals surface area contributed by atoms with E-state index < -0.39 is 5.91 Å². The molecular formula is C19H19ClN4O2S. The summed E-state index contributed by atoms with van der Waals surface area (Å²) >= 11 is 7.57. The third kappa shape index (κ3) is 4.81. The Kier molecular flexibility index (Phi) is 6.36. The van der Waals surface area contributed by atoms with Crippen molar-refractivity contribution in [2.75, 3.05) is 0 Å². The van der Waals surface area contributed by atoms with E-state index in [4.69, 9.17) is 11.6 Å². The van der Waals surface area contributed by atoms with Crippen molar-refractivity contribution in [2.24, 2.45) is 4.99 Å². The van der Waals surface area contributed by atoms with E-state index in [9.17, 15) is 9.59 Å². The van der Waals surface area contributed by atoms with Gasteiger partial charge in [0.25, 0.3) is 11.5 Å². The van der Waals surface area contributed by atoms with Gasteiger partial charge in [0.05, 0.1) is 6.54 Å². The van der Waals surface area contributed by atoms with Gasteiger partial charge in [0, 0.05) is 29.2 Å². The van der Waals surface area contributed by atoms with Crippen LogP contribution in [0.3, 0.4) is 0 Å². The van der Waals surface area contributed by atoms with Crippen LogP contribution in [0.2, 0.25) is 5.02 Å². The molecule has 1 aromatic carbocycles. The van der Waals surface area contributed by atoms with Gasteiger partial charge in [-0.3, -0.25) is 9.59 Å². The number of hydrogen-bond acceptors (Lipinski definition) is 4. The molecule has 2 aromatic heterocycles. The molecule has 0 aliphatic rings. The highest BCUT2D eigenvalue weighted by Gasteiger charge is 2.10. The number of unbranched alkanes of at least 4 members (excludes halogenated alkanes) is 1. The molecule has 1 amide bonds. The monoisotopic (exact) mass is 402 g/mol. The van der Waals surface area contributed by atoms with E-state index in [1.807, 2.05) is 47.3 Å². The predicted octanol–water partition coefficient (Wildman–Crippen LogP) is 3.35. The second-order valence-corrected chi connectivity index (χ2v) is 7.24. The number of carbonyl (C=O) groups is 1. The highest BCUT2D eigenvalue weighted by Crippen LogP contribution is 2.15. The number of halogens is 1. The van der Waals surface area contributed by atoms with Crippen LogP contribution in [0.25, 0.3) is 0 Å². The fourth-order valence-electron chi connectivity index (χ4n) is 2.49. The lowest BCUT2D eigenvalue weighted by atomic mass is 10.2. The van der Waals surface area contributed by atoms with Gasteiger partial charge in [0.1, 0.15) is 0 Å². The minimum Gasteiger partial charge on any atom is -0.319 e. The predicted molar refractivity (Wildman–Crippen MR) is 106 cm³/mol. The third-order valence-electron chi connectivity index (χ3n) is 3.96. The number of rotatable bonds is 6. The molecule has 3 aromatic rings. The zero-order chi connectivity index (χ0) is 19.2. The fourth-order valence-corrected chi connectivity index (χ4v) is 3.41. The van der Waals surface area contributed by atoms with Gasteiger partial charge < -0.3 is 4.57 Å². The van der Waals surface area contributed by atoms with Crippen LogP contribution in [0.15, 0.2) is 57.8 Å². The molecular weight excluding hydrogens is 384 g/mol. The maximum absolute atomic E-state index is 12.5. The van der Waals surface area contributed by atoms with Gasteiger partial charge >= 0.3 is 0 Å². The quantitative estimate of drug-likeness (QED) is 0.634. The molecule has 0 radical (unpaired) electrons. The van der Waals surface area contributed by atoms with E-state index in [1.54, 1.807) is 0 Å². The summed E-state index contributed by atoms with van der Waals surface area (Å²) in [7, 11) is 0. The Balaban J connectivity index is 1.88. The van der Waals surface area contributed by atoms with Crippen LogP contribution in [0.1, 0.15) is 35.8 Å². The summed E-state index contributed by atoms with van der Waals surface area (Å²) in [5.41, 5.74) is 0.881. The van der Waals surface area contributed by atoms with Gasteiger partial charge in [0.15, 0.2) is 10.5 Å². The molecule has 0 saturated carbocycles. The molecule has 0 atom stereocenters. The molecule has 0 aliphatic heterocycles. The SMILES string of the molecule is CCCCn1nc(C(=O)N=c2sccn2Cc2ccccc2Cl)ccc1=O. The second kappa shape index (κ2) is 8.92. The summed E-state index contributed by atoms with van der Waals surface area (Å²) in [6.45, 7) is 3.03. The van der Waals surface area contributed by atoms with Crippen molar-refractivity contribution in [1.29, 1.82) is 0 Å². The highest BCUT2D eigenvalue weighted by atomic mass is 35.5. The number of carbonyl (C=O) groups excluding carboxylic acids is 1. The Morgan fingerprint density at radius 2 is 2.07 bits per heavy atom. The van der Waals surface area contributed by atoms with Gasteiger partial charge in [-0.1, -0.05) is 43.1 Å². The fraction of sp³-hybridized carbons (Fsp3) is 0.263. The first-order chi connectivity index (χ1) is 13.1. The standard InChI is InChI=1S/C19H19ClN4O2S/c1-2-3-10-24-17(25)9-8-16(22-24)18(26)21-19-23(11-12-27-19)13-14-6-4-5-7-15(14)20/h4-9,11-12H,2-3,10,13H2,1H3. The van der Waals surface area contributed by atoms with E-state index in [1.165, 1.54) is 28.2 Å². The minimum atomic E-state index is -0.476. The molecule has 0 bridgehead atoms. The maximum atomic E-state index is 12.5. The Morgan fingerprint density at radius 3 is 2.85 bits per heavy atom. The normalized spacial score (nSPS) is 11.7. The average molecular weight is 403 g/mol. The first-order valence-electron chi connectivity index (χ1n) is 8.63. The zero-order valence-corrected chi connectivity index (χ0v) is 16.4. The van der Waals surface area contributed by atoms with Gasteiger partial charge in [-0.2, -0.15) is 10.1 Å².